The largest absolute Gasteiger partial charge is 0.404 e. The summed E-state index contributed by atoms with van der Waals surface area (Å²) in [6.45, 7) is 0. The van der Waals surface area contributed by atoms with Crippen LogP contribution >= 0.6 is 15.9 Å². The van der Waals surface area contributed by atoms with Crippen LogP contribution in [0.3, 0.4) is 0 Å². The first-order valence-electron chi connectivity index (χ1n) is 4.52. The van der Waals surface area contributed by atoms with Crippen molar-refractivity contribution in [2.24, 2.45) is 0 Å². The molecule has 0 aliphatic heterocycles. The number of halogens is 5. The average Bonchev–Trinajstić information content (AvgIpc) is 2.10. The van der Waals surface area contributed by atoms with Gasteiger partial charge in [0, 0.05) is 4.47 Å². The first-order valence-corrected chi connectivity index (χ1v) is 5.31. The lowest BCUT2D eigenvalue weighted by atomic mass is 10.1. The highest BCUT2D eigenvalue weighted by Gasteiger charge is 2.38. The van der Waals surface area contributed by atoms with Crippen LogP contribution in [0.15, 0.2) is 22.7 Å². The standard InChI is InChI=1S/C10H10BrF4N/c1-16-9(10(13,14)15)4-6-2-7(11)5-8(12)3-6/h2-3,5,9,16H,4H2,1H3. The van der Waals surface area contributed by atoms with Crippen LogP contribution in [0, 0.1) is 5.82 Å². The molecular formula is C10H10BrF4N. The Bertz CT molecular complexity index is 344. The van der Waals surface area contributed by atoms with Crippen molar-refractivity contribution < 1.29 is 17.6 Å². The van der Waals surface area contributed by atoms with E-state index < -0.39 is 18.0 Å². The van der Waals surface area contributed by atoms with Gasteiger partial charge in [-0.15, -0.1) is 0 Å². The average molecular weight is 300 g/mol. The molecule has 0 heterocycles. The molecule has 0 radical (unpaired) electrons. The fourth-order valence-corrected chi connectivity index (χ4v) is 1.86. The van der Waals surface area contributed by atoms with Crippen LogP contribution in [-0.2, 0) is 6.42 Å². The van der Waals surface area contributed by atoms with E-state index in [1.807, 2.05) is 0 Å². The molecule has 6 heteroatoms. The van der Waals surface area contributed by atoms with Gasteiger partial charge in [0.2, 0.25) is 0 Å². The summed E-state index contributed by atoms with van der Waals surface area (Å²) in [6, 6.07) is 2.10. The number of alkyl halides is 3. The van der Waals surface area contributed by atoms with Crippen molar-refractivity contribution in [2.45, 2.75) is 18.6 Å². The molecule has 0 fully saturated rings. The summed E-state index contributed by atoms with van der Waals surface area (Å²) in [5.74, 6) is -0.554. The molecule has 90 valence electrons. The van der Waals surface area contributed by atoms with Crippen LogP contribution in [0.1, 0.15) is 5.56 Å². The van der Waals surface area contributed by atoms with Crippen LogP contribution in [0.25, 0.3) is 0 Å². The van der Waals surface area contributed by atoms with Crippen molar-refractivity contribution in [1.29, 1.82) is 0 Å². The lowest BCUT2D eigenvalue weighted by molar-refractivity contribution is -0.154. The van der Waals surface area contributed by atoms with E-state index in [1.54, 1.807) is 0 Å². The molecule has 1 rings (SSSR count). The van der Waals surface area contributed by atoms with Gasteiger partial charge in [-0.05, 0) is 37.2 Å². The van der Waals surface area contributed by atoms with Gasteiger partial charge in [-0.3, -0.25) is 0 Å². The topological polar surface area (TPSA) is 12.0 Å². The molecule has 0 saturated carbocycles. The van der Waals surface area contributed by atoms with Crippen molar-refractivity contribution in [2.75, 3.05) is 7.05 Å². The van der Waals surface area contributed by atoms with Crippen LogP contribution in [0.2, 0.25) is 0 Å². The zero-order valence-electron chi connectivity index (χ0n) is 8.41. The highest BCUT2D eigenvalue weighted by molar-refractivity contribution is 9.10. The number of hydrogen-bond acceptors (Lipinski definition) is 1. The highest BCUT2D eigenvalue weighted by atomic mass is 79.9. The van der Waals surface area contributed by atoms with Crippen molar-refractivity contribution >= 4 is 15.9 Å². The van der Waals surface area contributed by atoms with Gasteiger partial charge in [-0.2, -0.15) is 13.2 Å². The zero-order valence-corrected chi connectivity index (χ0v) is 9.99. The van der Waals surface area contributed by atoms with Crippen LogP contribution < -0.4 is 5.32 Å². The van der Waals surface area contributed by atoms with Crippen molar-refractivity contribution in [1.82, 2.24) is 5.32 Å². The molecule has 1 unspecified atom stereocenters. The number of nitrogens with one attached hydrogen (secondary N) is 1. The Morgan fingerprint density at radius 1 is 1.31 bits per heavy atom. The molecule has 16 heavy (non-hydrogen) atoms. The Labute approximate surface area is 99.0 Å². The molecule has 1 aromatic carbocycles. The summed E-state index contributed by atoms with van der Waals surface area (Å²) >= 11 is 3.03. The third-order valence-electron chi connectivity index (χ3n) is 2.11. The van der Waals surface area contributed by atoms with Crippen LogP contribution in [0.5, 0.6) is 0 Å². The van der Waals surface area contributed by atoms with Gasteiger partial charge in [0.05, 0.1) is 0 Å². The quantitative estimate of drug-likeness (QED) is 0.845. The second-order valence-corrected chi connectivity index (χ2v) is 4.28. The maximum absolute atomic E-state index is 12.9. The molecular weight excluding hydrogens is 290 g/mol. The molecule has 0 aliphatic rings. The summed E-state index contributed by atoms with van der Waals surface area (Å²) in [7, 11) is 1.23. The van der Waals surface area contributed by atoms with Gasteiger partial charge in [0.1, 0.15) is 11.9 Å². The lowest BCUT2D eigenvalue weighted by Crippen LogP contribution is -2.41. The maximum Gasteiger partial charge on any atom is 0.404 e. The smallest absolute Gasteiger partial charge is 0.309 e. The fourth-order valence-electron chi connectivity index (χ4n) is 1.35. The van der Waals surface area contributed by atoms with Crippen LogP contribution in [0.4, 0.5) is 17.6 Å². The number of hydrogen-bond donors (Lipinski definition) is 1. The van der Waals surface area contributed by atoms with Gasteiger partial charge in [-0.25, -0.2) is 4.39 Å². The second kappa shape index (κ2) is 5.14. The normalized spacial score (nSPS) is 13.9. The van der Waals surface area contributed by atoms with Crippen molar-refractivity contribution in [3.63, 3.8) is 0 Å². The van der Waals surface area contributed by atoms with E-state index >= 15 is 0 Å². The Morgan fingerprint density at radius 2 is 1.94 bits per heavy atom. The third kappa shape index (κ3) is 3.75. The minimum absolute atomic E-state index is 0.295. The van der Waals surface area contributed by atoms with Crippen molar-refractivity contribution in [3.05, 3.63) is 34.1 Å². The monoisotopic (exact) mass is 299 g/mol. The molecule has 1 aromatic rings. The van der Waals surface area contributed by atoms with Crippen molar-refractivity contribution in [3.8, 4) is 0 Å². The minimum Gasteiger partial charge on any atom is -0.309 e. The first-order chi connectivity index (χ1) is 7.32. The number of rotatable bonds is 3. The van der Waals surface area contributed by atoms with Gasteiger partial charge >= 0.3 is 6.18 Å². The Balaban J connectivity index is 2.86. The molecule has 0 spiro atoms. The van der Waals surface area contributed by atoms with Gasteiger partial charge in [0.25, 0.3) is 0 Å². The first kappa shape index (κ1) is 13.4. The van der Waals surface area contributed by atoms with Crippen LogP contribution in [-0.4, -0.2) is 19.3 Å². The molecule has 0 amide bonds. The summed E-state index contributed by atoms with van der Waals surface area (Å²) < 4.78 is 50.7. The van der Waals surface area contributed by atoms with E-state index in [1.165, 1.54) is 19.2 Å². The van der Waals surface area contributed by atoms with E-state index in [0.717, 1.165) is 6.07 Å². The maximum atomic E-state index is 12.9. The van der Waals surface area contributed by atoms with E-state index in [0.29, 0.717) is 10.0 Å². The summed E-state index contributed by atoms with van der Waals surface area (Å²) in [5, 5.41) is 2.17. The minimum atomic E-state index is -4.34. The van der Waals surface area contributed by atoms with Gasteiger partial charge < -0.3 is 5.32 Å². The summed E-state index contributed by atoms with van der Waals surface area (Å²) in [6.07, 6.45) is -4.64. The summed E-state index contributed by atoms with van der Waals surface area (Å²) in [4.78, 5) is 0. The summed E-state index contributed by atoms with van der Waals surface area (Å²) in [5.41, 5.74) is 0.295. The Kier molecular flexibility index (Phi) is 4.32. The predicted molar refractivity (Wildman–Crippen MR) is 56.7 cm³/mol. The molecule has 0 saturated heterocycles. The predicted octanol–water partition coefficient (Wildman–Crippen LogP) is 3.28. The van der Waals surface area contributed by atoms with Gasteiger partial charge in [0.15, 0.2) is 0 Å². The number of benzene rings is 1. The zero-order chi connectivity index (χ0) is 12.3. The van der Waals surface area contributed by atoms with Gasteiger partial charge in [-0.1, -0.05) is 15.9 Å². The SMILES string of the molecule is CNC(Cc1cc(F)cc(Br)c1)C(F)(F)F. The Morgan fingerprint density at radius 3 is 2.38 bits per heavy atom. The lowest BCUT2D eigenvalue weighted by Gasteiger charge is -2.19. The second-order valence-electron chi connectivity index (χ2n) is 3.36. The molecule has 1 nitrogen and oxygen atoms in total. The van der Waals surface area contributed by atoms with E-state index in [2.05, 4.69) is 21.2 Å². The molecule has 0 aromatic heterocycles. The van der Waals surface area contributed by atoms with E-state index in [-0.39, 0.29) is 6.42 Å². The highest BCUT2D eigenvalue weighted by Crippen LogP contribution is 2.24. The number of likely N-dealkylation sites (N-methyl/N-ethyl adjacent to an activating group) is 1. The third-order valence-corrected chi connectivity index (χ3v) is 2.56. The van der Waals surface area contributed by atoms with E-state index in [4.69, 9.17) is 0 Å². The molecule has 0 aliphatic carbocycles. The molecule has 0 bridgehead atoms. The Hall–Kier alpha value is -0.620. The van der Waals surface area contributed by atoms with E-state index in [9.17, 15) is 17.6 Å². The molecule has 1 N–H and O–H groups in total. The fraction of sp³-hybridized carbons (Fsp3) is 0.400. The molecule has 1 atom stereocenters.